The van der Waals surface area contributed by atoms with E-state index in [1.165, 1.54) is 108 Å². The number of hydrogen-bond donors (Lipinski definition) is 0. The van der Waals surface area contributed by atoms with Crippen molar-refractivity contribution in [2.45, 2.75) is 97.8 Å². The van der Waals surface area contributed by atoms with E-state index in [4.69, 9.17) is 9.90 Å². The number of hydrogen-bond acceptors (Lipinski definition) is 2. The van der Waals surface area contributed by atoms with Crippen LogP contribution in [-0.2, 0) is 4.79 Å². The summed E-state index contributed by atoms with van der Waals surface area (Å²) >= 11 is 0. The predicted molar refractivity (Wildman–Crippen MR) is 97.2 cm³/mol. The third-order valence-corrected chi connectivity index (χ3v) is 4.95. The van der Waals surface area contributed by atoms with E-state index in [0.29, 0.717) is 0 Å². The molecule has 1 fully saturated rings. The maximum absolute atomic E-state index is 8.89. The van der Waals surface area contributed by atoms with Crippen LogP contribution in [0, 0.1) is 0 Å². The molecule has 0 atom stereocenters. The molecule has 0 spiro atoms. The van der Waals surface area contributed by atoms with E-state index in [1.807, 2.05) is 0 Å². The van der Waals surface area contributed by atoms with Crippen LogP contribution in [0.5, 0.6) is 0 Å². The average molecular weight is 328 g/mol. The highest BCUT2D eigenvalue weighted by Gasteiger charge is 2.27. The lowest BCUT2D eigenvalue weighted by atomic mass is 10.0. The molecule has 1 heterocycles. The van der Waals surface area contributed by atoms with Gasteiger partial charge in [0, 0.05) is 5.97 Å². The second kappa shape index (κ2) is 15.0. The average Bonchev–Trinajstić information content (AvgIpc) is 2.51. The minimum atomic E-state index is -1.08. The first-order chi connectivity index (χ1) is 11.1. The summed E-state index contributed by atoms with van der Waals surface area (Å²) in [5.41, 5.74) is 0. The van der Waals surface area contributed by atoms with Crippen LogP contribution in [0.25, 0.3) is 0 Å². The van der Waals surface area contributed by atoms with Gasteiger partial charge in [-0.25, -0.2) is 0 Å². The first-order valence-corrected chi connectivity index (χ1v) is 10.1. The second-order valence-corrected chi connectivity index (χ2v) is 7.26. The third kappa shape index (κ3) is 13.6. The molecule has 1 aliphatic heterocycles. The fraction of sp³-hybridized carbons (Fsp3) is 0.950. The standard InChI is InChI=1S/C18H38N.C2H4O2/c1-3-5-6-7-8-9-10-12-16-19(15-4-2)17-13-11-14-18-19;1-2(3)4/h3-18H2,1-2H3;1H3,(H,3,4)/q+1;/p-1. The number of unbranched alkanes of at least 4 members (excludes halogenated alkanes) is 7. The summed E-state index contributed by atoms with van der Waals surface area (Å²) < 4.78 is 1.46. The zero-order valence-electron chi connectivity index (χ0n) is 16.1. The van der Waals surface area contributed by atoms with Crippen LogP contribution in [0.3, 0.4) is 0 Å². The predicted octanol–water partition coefficient (Wildman–Crippen LogP) is 4.29. The van der Waals surface area contributed by atoms with Crippen LogP contribution in [0.15, 0.2) is 0 Å². The number of carbonyl (C=O) groups is 1. The lowest BCUT2D eigenvalue weighted by Crippen LogP contribution is -2.52. The lowest BCUT2D eigenvalue weighted by Gasteiger charge is -2.41. The molecule has 0 radical (unpaired) electrons. The third-order valence-electron chi connectivity index (χ3n) is 4.95. The molecule has 23 heavy (non-hydrogen) atoms. The summed E-state index contributed by atoms with van der Waals surface area (Å²) in [6.45, 7) is 11.5. The largest absolute Gasteiger partial charge is 0.550 e. The summed E-state index contributed by atoms with van der Waals surface area (Å²) in [6, 6.07) is 0. The Morgan fingerprint density at radius 1 is 0.783 bits per heavy atom. The topological polar surface area (TPSA) is 40.1 Å². The van der Waals surface area contributed by atoms with Gasteiger partial charge in [0.1, 0.15) is 0 Å². The Balaban J connectivity index is 0.00000108. The maximum atomic E-state index is 8.89. The molecule has 0 bridgehead atoms. The molecule has 0 N–H and O–H groups in total. The van der Waals surface area contributed by atoms with Crippen molar-refractivity contribution in [3.63, 3.8) is 0 Å². The van der Waals surface area contributed by atoms with Gasteiger partial charge in [0.2, 0.25) is 0 Å². The summed E-state index contributed by atoms with van der Waals surface area (Å²) in [5.74, 6) is -1.08. The van der Waals surface area contributed by atoms with E-state index < -0.39 is 5.97 Å². The molecule has 3 nitrogen and oxygen atoms in total. The van der Waals surface area contributed by atoms with Gasteiger partial charge in [-0.05, 0) is 45.4 Å². The van der Waals surface area contributed by atoms with E-state index in [-0.39, 0.29) is 0 Å². The van der Waals surface area contributed by atoms with E-state index in [2.05, 4.69) is 13.8 Å². The fourth-order valence-corrected chi connectivity index (χ4v) is 3.80. The number of nitrogens with zero attached hydrogens (tertiary/aromatic N) is 1. The van der Waals surface area contributed by atoms with Crippen molar-refractivity contribution in [1.29, 1.82) is 0 Å². The van der Waals surface area contributed by atoms with Gasteiger partial charge in [-0.3, -0.25) is 0 Å². The van der Waals surface area contributed by atoms with Crippen molar-refractivity contribution in [3.05, 3.63) is 0 Å². The molecule has 138 valence electrons. The Hall–Kier alpha value is -0.570. The van der Waals surface area contributed by atoms with Crippen molar-refractivity contribution >= 4 is 5.97 Å². The van der Waals surface area contributed by atoms with Crippen LogP contribution >= 0.6 is 0 Å². The van der Waals surface area contributed by atoms with E-state index >= 15 is 0 Å². The van der Waals surface area contributed by atoms with Gasteiger partial charge in [-0.1, -0.05) is 52.4 Å². The Kier molecular flexibility index (Phi) is 14.6. The van der Waals surface area contributed by atoms with Crippen molar-refractivity contribution in [3.8, 4) is 0 Å². The highest BCUT2D eigenvalue weighted by atomic mass is 16.4. The summed E-state index contributed by atoms with van der Waals surface area (Å²) in [5, 5.41) is 8.89. The smallest absolute Gasteiger partial charge is 0.0786 e. The number of piperidine rings is 1. The van der Waals surface area contributed by atoms with Crippen LogP contribution in [0.2, 0.25) is 0 Å². The first kappa shape index (κ1) is 22.4. The molecule has 1 rings (SSSR count). The van der Waals surface area contributed by atoms with Crippen LogP contribution < -0.4 is 5.11 Å². The highest BCUT2D eigenvalue weighted by molar-refractivity contribution is 5.60. The molecule has 0 aromatic heterocycles. The van der Waals surface area contributed by atoms with Gasteiger partial charge in [0.05, 0.1) is 26.2 Å². The van der Waals surface area contributed by atoms with Gasteiger partial charge in [0.25, 0.3) is 0 Å². The monoisotopic (exact) mass is 327 g/mol. The number of carboxylic acid groups (broad SMARTS) is 1. The van der Waals surface area contributed by atoms with E-state index in [0.717, 1.165) is 6.92 Å². The maximum Gasteiger partial charge on any atom is 0.0786 e. The molecule has 3 heteroatoms. The van der Waals surface area contributed by atoms with Gasteiger partial charge in [-0.2, -0.15) is 0 Å². The number of quaternary nitrogens is 1. The number of rotatable bonds is 11. The molecule has 1 aliphatic rings. The van der Waals surface area contributed by atoms with Crippen LogP contribution in [-0.4, -0.2) is 36.6 Å². The summed E-state index contributed by atoms with van der Waals surface area (Å²) in [7, 11) is 0. The van der Waals surface area contributed by atoms with E-state index in [9.17, 15) is 0 Å². The molecule has 0 aromatic carbocycles. The quantitative estimate of drug-likeness (QED) is 0.419. The van der Waals surface area contributed by atoms with Crippen LogP contribution in [0.4, 0.5) is 0 Å². The van der Waals surface area contributed by atoms with Crippen molar-refractivity contribution < 1.29 is 14.4 Å². The molecule has 0 aliphatic carbocycles. The Morgan fingerprint density at radius 2 is 1.26 bits per heavy atom. The van der Waals surface area contributed by atoms with Crippen molar-refractivity contribution in [2.75, 3.05) is 26.2 Å². The van der Waals surface area contributed by atoms with Gasteiger partial charge >= 0.3 is 0 Å². The second-order valence-electron chi connectivity index (χ2n) is 7.26. The van der Waals surface area contributed by atoms with Gasteiger partial charge in [-0.15, -0.1) is 0 Å². The first-order valence-electron chi connectivity index (χ1n) is 10.1. The number of carbonyl (C=O) groups excluding carboxylic acids is 1. The van der Waals surface area contributed by atoms with Gasteiger partial charge in [0.15, 0.2) is 0 Å². The molecule has 0 amide bonds. The summed E-state index contributed by atoms with van der Waals surface area (Å²) in [4.78, 5) is 8.89. The lowest BCUT2D eigenvalue weighted by molar-refractivity contribution is -0.932. The molecule has 0 unspecified atom stereocenters. The normalized spacial score (nSPS) is 16.5. The molecular weight excluding hydrogens is 286 g/mol. The Bertz CT molecular complexity index is 263. The minimum absolute atomic E-state index is 0.972. The van der Waals surface area contributed by atoms with Crippen molar-refractivity contribution in [1.82, 2.24) is 0 Å². The zero-order chi connectivity index (χ0) is 17.4. The fourth-order valence-electron chi connectivity index (χ4n) is 3.80. The van der Waals surface area contributed by atoms with E-state index in [1.54, 1.807) is 0 Å². The molecular formula is C20H41NO2. The number of likely N-dealkylation sites (tertiary alicyclic amines) is 1. The van der Waals surface area contributed by atoms with Crippen LogP contribution in [0.1, 0.15) is 97.8 Å². The van der Waals surface area contributed by atoms with Gasteiger partial charge < -0.3 is 14.4 Å². The molecule has 1 saturated heterocycles. The Labute approximate surface area is 145 Å². The molecule has 0 saturated carbocycles. The Morgan fingerprint density at radius 3 is 1.74 bits per heavy atom. The number of carboxylic acids is 1. The zero-order valence-corrected chi connectivity index (χ0v) is 16.1. The van der Waals surface area contributed by atoms with Crippen molar-refractivity contribution in [2.24, 2.45) is 0 Å². The highest BCUT2D eigenvalue weighted by Crippen LogP contribution is 2.21. The minimum Gasteiger partial charge on any atom is -0.550 e. The SMILES string of the molecule is CC(=O)[O-].CCCCCCCCCC[N+]1(CCC)CCCCC1. The summed E-state index contributed by atoms with van der Waals surface area (Å²) in [6.07, 6.45) is 17.5. The molecule has 0 aromatic rings. The number of aliphatic carboxylic acids is 1.